The zero-order valence-corrected chi connectivity index (χ0v) is 12.4. The summed E-state index contributed by atoms with van der Waals surface area (Å²) in [6, 6.07) is 10.2. The van der Waals surface area contributed by atoms with E-state index in [2.05, 4.69) is 4.74 Å². The molecule has 5 nitrogen and oxygen atoms in total. The molecule has 114 valence electrons. The maximum absolute atomic E-state index is 11.6. The number of benzene rings is 1. The zero-order chi connectivity index (χ0) is 15.9. The largest absolute Gasteiger partial charge is 0.465 e. The Morgan fingerprint density at radius 2 is 1.86 bits per heavy atom. The summed E-state index contributed by atoms with van der Waals surface area (Å²) in [5.41, 5.74) is 1.23. The van der Waals surface area contributed by atoms with E-state index in [1.165, 1.54) is 13.2 Å². The summed E-state index contributed by atoms with van der Waals surface area (Å²) in [5, 5.41) is 0. The summed E-state index contributed by atoms with van der Waals surface area (Å²) in [6.07, 6.45) is 2.86. The van der Waals surface area contributed by atoms with E-state index in [4.69, 9.17) is 9.15 Å². The molecule has 2 rings (SSSR count). The Balaban J connectivity index is 1.85. The predicted octanol–water partition coefficient (Wildman–Crippen LogP) is 3.13. The first-order chi connectivity index (χ1) is 10.6. The summed E-state index contributed by atoms with van der Waals surface area (Å²) >= 11 is 0. The summed E-state index contributed by atoms with van der Waals surface area (Å²) < 4.78 is 15.0. The van der Waals surface area contributed by atoms with Gasteiger partial charge in [0.05, 0.1) is 12.7 Å². The average molecular weight is 300 g/mol. The summed E-state index contributed by atoms with van der Waals surface area (Å²) in [7, 11) is 1.32. The van der Waals surface area contributed by atoms with E-state index in [1.54, 1.807) is 36.4 Å². The molecule has 0 amide bonds. The number of aryl methyl sites for hydroxylation is 1. The predicted molar refractivity (Wildman–Crippen MR) is 80.1 cm³/mol. The van der Waals surface area contributed by atoms with Crippen LogP contribution in [0.25, 0.3) is 6.08 Å². The average Bonchev–Trinajstić information content (AvgIpc) is 2.96. The van der Waals surface area contributed by atoms with Crippen LogP contribution in [0.2, 0.25) is 0 Å². The molecule has 0 fully saturated rings. The second-order valence-corrected chi connectivity index (χ2v) is 4.58. The van der Waals surface area contributed by atoms with E-state index in [9.17, 15) is 9.59 Å². The van der Waals surface area contributed by atoms with Crippen LogP contribution < -0.4 is 0 Å². The third kappa shape index (κ3) is 4.34. The molecule has 22 heavy (non-hydrogen) atoms. The molecule has 0 aliphatic rings. The lowest BCUT2D eigenvalue weighted by Gasteiger charge is -2.03. The number of carbonyl (C=O) groups excluding carboxylic acids is 2. The Bertz CT molecular complexity index is 679. The molecule has 0 atom stereocenters. The van der Waals surface area contributed by atoms with E-state index in [-0.39, 0.29) is 6.61 Å². The van der Waals surface area contributed by atoms with Gasteiger partial charge in [-0.05, 0) is 42.8 Å². The lowest BCUT2D eigenvalue weighted by atomic mass is 10.1. The van der Waals surface area contributed by atoms with Gasteiger partial charge in [-0.2, -0.15) is 0 Å². The molecular formula is C17H16O5. The fourth-order valence-corrected chi connectivity index (χ4v) is 1.75. The maximum atomic E-state index is 11.6. The molecule has 1 aromatic heterocycles. The molecule has 1 aromatic carbocycles. The second kappa shape index (κ2) is 7.26. The van der Waals surface area contributed by atoms with Gasteiger partial charge in [-0.1, -0.05) is 12.1 Å². The van der Waals surface area contributed by atoms with Crippen LogP contribution in [0.15, 0.2) is 46.9 Å². The third-order valence-electron chi connectivity index (χ3n) is 2.90. The van der Waals surface area contributed by atoms with Gasteiger partial charge in [0.2, 0.25) is 0 Å². The Morgan fingerprint density at radius 3 is 2.45 bits per heavy atom. The monoisotopic (exact) mass is 300 g/mol. The van der Waals surface area contributed by atoms with Gasteiger partial charge in [-0.15, -0.1) is 0 Å². The Morgan fingerprint density at radius 1 is 1.14 bits per heavy atom. The van der Waals surface area contributed by atoms with E-state index < -0.39 is 11.9 Å². The maximum Gasteiger partial charge on any atom is 0.337 e. The molecule has 0 unspecified atom stereocenters. The second-order valence-electron chi connectivity index (χ2n) is 4.58. The number of hydrogen-bond acceptors (Lipinski definition) is 5. The third-order valence-corrected chi connectivity index (χ3v) is 2.90. The first kappa shape index (κ1) is 15.6. The molecule has 0 spiro atoms. The van der Waals surface area contributed by atoms with Crippen LogP contribution in [0.3, 0.4) is 0 Å². The van der Waals surface area contributed by atoms with E-state index in [0.717, 1.165) is 11.3 Å². The number of furan rings is 1. The van der Waals surface area contributed by atoms with Crippen molar-refractivity contribution >= 4 is 18.0 Å². The van der Waals surface area contributed by atoms with Crippen molar-refractivity contribution in [1.82, 2.24) is 0 Å². The molecule has 1 heterocycles. The van der Waals surface area contributed by atoms with Gasteiger partial charge in [0.25, 0.3) is 0 Å². The Hall–Kier alpha value is -2.82. The summed E-state index contributed by atoms with van der Waals surface area (Å²) in [5.74, 6) is 0.502. The number of ether oxygens (including phenoxy) is 2. The minimum atomic E-state index is -0.467. The molecule has 0 saturated heterocycles. The first-order valence-corrected chi connectivity index (χ1v) is 6.67. The lowest BCUT2D eigenvalue weighted by Crippen LogP contribution is -2.03. The van der Waals surface area contributed by atoms with E-state index in [0.29, 0.717) is 11.3 Å². The highest BCUT2D eigenvalue weighted by molar-refractivity contribution is 5.89. The van der Waals surface area contributed by atoms with Crippen molar-refractivity contribution in [2.24, 2.45) is 0 Å². The van der Waals surface area contributed by atoms with Crippen molar-refractivity contribution in [1.29, 1.82) is 0 Å². The lowest BCUT2D eigenvalue weighted by molar-refractivity contribution is -0.138. The van der Waals surface area contributed by atoms with Crippen molar-refractivity contribution in [3.63, 3.8) is 0 Å². The highest BCUT2D eigenvalue weighted by Gasteiger charge is 2.05. The fourth-order valence-electron chi connectivity index (χ4n) is 1.75. The van der Waals surface area contributed by atoms with Crippen LogP contribution in [-0.2, 0) is 20.9 Å². The van der Waals surface area contributed by atoms with Crippen molar-refractivity contribution in [2.45, 2.75) is 13.5 Å². The standard InChI is InChI=1S/C17H16O5/c1-12-3-8-15(22-12)9-10-16(18)21-11-13-4-6-14(7-5-13)17(19)20-2/h3-10H,11H2,1-2H3/b10-9+. The van der Waals surface area contributed by atoms with Gasteiger partial charge in [-0.3, -0.25) is 0 Å². The van der Waals surface area contributed by atoms with E-state index in [1.807, 2.05) is 13.0 Å². The number of carbonyl (C=O) groups is 2. The zero-order valence-electron chi connectivity index (χ0n) is 12.4. The Kier molecular flexibility index (Phi) is 5.14. The molecule has 0 aliphatic carbocycles. The molecule has 0 saturated carbocycles. The molecular weight excluding hydrogens is 284 g/mol. The Labute approximate surface area is 128 Å². The van der Waals surface area contributed by atoms with E-state index >= 15 is 0 Å². The van der Waals surface area contributed by atoms with Gasteiger partial charge < -0.3 is 13.9 Å². The smallest absolute Gasteiger partial charge is 0.337 e. The first-order valence-electron chi connectivity index (χ1n) is 6.67. The summed E-state index contributed by atoms with van der Waals surface area (Å²) in [6.45, 7) is 1.95. The van der Waals surface area contributed by atoms with Crippen LogP contribution in [0.4, 0.5) is 0 Å². The topological polar surface area (TPSA) is 65.7 Å². The number of rotatable bonds is 5. The van der Waals surface area contributed by atoms with Crippen molar-refractivity contribution in [3.8, 4) is 0 Å². The highest BCUT2D eigenvalue weighted by Crippen LogP contribution is 2.09. The van der Waals surface area contributed by atoms with Gasteiger partial charge in [0.1, 0.15) is 18.1 Å². The van der Waals surface area contributed by atoms with Crippen LogP contribution in [0.5, 0.6) is 0 Å². The minimum Gasteiger partial charge on any atom is -0.465 e. The number of methoxy groups -OCH3 is 1. The summed E-state index contributed by atoms with van der Waals surface area (Å²) in [4.78, 5) is 22.9. The van der Waals surface area contributed by atoms with Crippen molar-refractivity contribution in [3.05, 3.63) is 65.1 Å². The van der Waals surface area contributed by atoms with Crippen molar-refractivity contribution in [2.75, 3.05) is 7.11 Å². The molecule has 5 heteroatoms. The van der Waals surface area contributed by atoms with Crippen LogP contribution in [0, 0.1) is 6.92 Å². The van der Waals surface area contributed by atoms with Gasteiger partial charge in [0, 0.05) is 6.08 Å². The molecule has 0 N–H and O–H groups in total. The fraction of sp³-hybridized carbons (Fsp3) is 0.176. The van der Waals surface area contributed by atoms with Crippen LogP contribution >= 0.6 is 0 Å². The highest BCUT2D eigenvalue weighted by atomic mass is 16.5. The molecule has 0 radical (unpaired) electrons. The van der Waals surface area contributed by atoms with Crippen molar-refractivity contribution < 1.29 is 23.5 Å². The SMILES string of the molecule is COC(=O)c1ccc(COC(=O)/C=C/c2ccc(C)o2)cc1. The molecule has 0 bridgehead atoms. The van der Waals surface area contributed by atoms with Crippen LogP contribution in [-0.4, -0.2) is 19.0 Å². The van der Waals surface area contributed by atoms with Gasteiger partial charge >= 0.3 is 11.9 Å². The van der Waals surface area contributed by atoms with Crippen LogP contribution in [0.1, 0.15) is 27.4 Å². The number of hydrogen-bond donors (Lipinski definition) is 0. The quantitative estimate of drug-likeness (QED) is 0.627. The van der Waals surface area contributed by atoms with Gasteiger partial charge in [0.15, 0.2) is 0 Å². The minimum absolute atomic E-state index is 0.127. The normalized spacial score (nSPS) is 10.6. The van der Waals surface area contributed by atoms with Gasteiger partial charge in [-0.25, -0.2) is 9.59 Å². The molecule has 0 aliphatic heterocycles. The number of esters is 2. The molecule has 2 aromatic rings.